The van der Waals surface area contributed by atoms with Crippen LogP contribution in [0.15, 0.2) is 52.4 Å². The Morgan fingerprint density at radius 3 is 2.65 bits per heavy atom. The quantitative estimate of drug-likeness (QED) is 0.903. The van der Waals surface area contributed by atoms with Crippen LogP contribution in [0, 0.1) is 6.92 Å². The lowest BCUT2D eigenvalue weighted by Gasteiger charge is -2.15. The van der Waals surface area contributed by atoms with Gasteiger partial charge in [-0.15, -0.1) is 0 Å². The van der Waals surface area contributed by atoms with Crippen molar-refractivity contribution in [1.82, 2.24) is 9.88 Å². The Bertz CT molecular complexity index is 698. The van der Waals surface area contributed by atoms with Gasteiger partial charge in [-0.25, -0.2) is 0 Å². The number of amidine groups is 1. The summed E-state index contributed by atoms with van der Waals surface area (Å²) in [6.07, 6.45) is 2.94. The topological polar surface area (TPSA) is 46.4 Å². The standard InChI is InChI=1S/C16H17N3O/c1-12-3-8-15(20)19(11-12)14-6-4-13(5-7-14)16-17-9-2-10-18-16/h3-8,11H,2,9-10H2,1H3,(H,17,18). The Morgan fingerprint density at radius 1 is 1.15 bits per heavy atom. The van der Waals surface area contributed by atoms with Crippen LogP contribution < -0.4 is 10.9 Å². The lowest BCUT2D eigenvalue weighted by Crippen LogP contribution is -2.30. The van der Waals surface area contributed by atoms with Gasteiger partial charge in [0.15, 0.2) is 0 Å². The van der Waals surface area contributed by atoms with Gasteiger partial charge in [-0.3, -0.25) is 14.4 Å². The first-order valence-electron chi connectivity index (χ1n) is 6.82. The molecule has 2 heterocycles. The van der Waals surface area contributed by atoms with Crippen LogP contribution in [0.2, 0.25) is 0 Å². The summed E-state index contributed by atoms with van der Waals surface area (Å²) in [5, 5.41) is 3.30. The molecule has 0 bridgehead atoms. The van der Waals surface area contributed by atoms with Crippen LogP contribution in [-0.2, 0) is 0 Å². The van der Waals surface area contributed by atoms with Crippen LogP contribution in [0.1, 0.15) is 17.5 Å². The summed E-state index contributed by atoms with van der Waals surface area (Å²) in [6.45, 7) is 3.82. The molecule has 0 saturated heterocycles. The third-order valence-electron chi connectivity index (χ3n) is 3.38. The van der Waals surface area contributed by atoms with Gasteiger partial charge in [0.25, 0.3) is 5.56 Å². The molecule has 0 atom stereocenters. The van der Waals surface area contributed by atoms with Crippen molar-refractivity contribution in [3.63, 3.8) is 0 Å². The van der Waals surface area contributed by atoms with Crippen molar-refractivity contribution >= 4 is 5.84 Å². The number of aryl methyl sites for hydroxylation is 1. The first kappa shape index (κ1) is 12.7. The highest BCUT2D eigenvalue weighted by Gasteiger charge is 2.07. The highest BCUT2D eigenvalue weighted by atomic mass is 16.1. The summed E-state index contributed by atoms with van der Waals surface area (Å²) in [4.78, 5) is 16.4. The van der Waals surface area contributed by atoms with Crippen LogP contribution in [0.4, 0.5) is 0 Å². The Morgan fingerprint density at radius 2 is 1.95 bits per heavy atom. The van der Waals surface area contributed by atoms with Crippen LogP contribution >= 0.6 is 0 Å². The van der Waals surface area contributed by atoms with E-state index in [9.17, 15) is 4.79 Å². The van der Waals surface area contributed by atoms with Gasteiger partial charge in [0.05, 0.1) is 0 Å². The van der Waals surface area contributed by atoms with E-state index in [1.165, 1.54) is 0 Å². The number of nitrogens with zero attached hydrogens (tertiary/aromatic N) is 2. The second-order valence-corrected chi connectivity index (χ2v) is 4.97. The number of hydrogen-bond donors (Lipinski definition) is 1. The number of aromatic nitrogens is 1. The van der Waals surface area contributed by atoms with Gasteiger partial charge in [-0.1, -0.05) is 6.07 Å². The van der Waals surface area contributed by atoms with E-state index in [1.807, 2.05) is 43.5 Å². The number of hydrogen-bond acceptors (Lipinski definition) is 3. The monoisotopic (exact) mass is 267 g/mol. The molecule has 20 heavy (non-hydrogen) atoms. The first-order valence-corrected chi connectivity index (χ1v) is 6.82. The average Bonchev–Trinajstić information content (AvgIpc) is 2.51. The number of nitrogens with one attached hydrogen (secondary N) is 1. The molecule has 4 heteroatoms. The van der Waals surface area contributed by atoms with E-state index < -0.39 is 0 Å². The van der Waals surface area contributed by atoms with E-state index in [1.54, 1.807) is 10.6 Å². The molecular formula is C16H17N3O. The van der Waals surface area contributed by atoms with E-state index in [0.717, 1.165) is 42.2 Å². The van der Waals surface area contributed by atoms with E-state index in [0.29, 0.717) is 0 Å². The van der Waals surface area contributed by atoms with Crippen molar-refractivity contribution in [2.24, 2.45) is 4.99 Å². The molecule has 0 saturated carbocycles. The van der Waals surface area contributed by atoms with Crippen LogP contribution in [0.5, 0.6) is 0 Å². The largest absolute Gasteiger partial charge is 0.370 e. The molecule has 0 amide bonds. The second kappa shape index (κ2) is 5.33. The smallest absolute Gasteiger partial charge is 0.255 e. The maximum Gasteiger partial charge on any atom is 0.255 e. The zero-order valence-electron chi connectivity index (χ0n) is 11.5. The van der Waals surface area contributed by atoms with Crippen molar-refractivity contribution in [2.75, 3.05) is 13.1 Å². The molecule has 0 spiro atoms. The van der Waals surface area contributed by atoms with E-state index in [2.05, 4.69) is 10.3 Å². The third-order valence-corrected chi connectivity index (χ3v) is 3.38. The summed E-state index contributed by atoms with van der Waals surface area (Å²) in [5.41, 5.74) is 2.98. The molecule has 0 radical (unpaired) electrons. The van der Waals surface area contributed by atoms with Crippen LogP contribution in [0.25, 0.3) is 5.69 Å². The number of aliphatic imine (C=N–C) groups is 1. The minimum Gasteiger partial charge on any atom is -0.370 e. The summed E-state index contributed by atoms with van der Waals surface area (Å²) >= 11 is 0. The summed E-state index contributed by atoms with van der Waals surface area (Å²) in [5.74, 6) is 0.944. The fraction of sp³-hybridized carbons (Fsp3) is 0.250. The van der Waals surface area contributed by atoms with Crippen molar-refractivity contribution in [2.45, 2.75) is 13.3 Å². The SMILES string of the molecule is Cc1ccc(=O)n(-c2ccc(C3=NCCCN3)cc2)c1. The summed E-state index contributed by atoms with van der Waals surface area (Å²) < 4.78 is 1.66. The summed E-state index contributed by atoms with van der Waals surface area (Å²) in [6, 6.07) is 11.3. The molecule has 3 rings (SSSR count). The molecule has 1 aliphatic rings. The van der Waals surface area contributed by atoms with Gasteiger partial charge in [-0.2, -0.15) is 0 Å². The molecule has 1 aromatic carbocycles. The van der Waals surface area contributed by atoms with Gasteiger partial charge in [0, 0.05) is 36.6 Å². The van der Waals surface area contributed by atoms with Gasteiger partial charge in [-0.05, 0) is 43.2 Å². The molecule has 1 aromatic heterocycles. The van der Waals surface area contributed by atoms with Gasteiger partial charge < -0.3 is 5.32 Å². The Kier molecular flexibility index (Phi) is 3.37. The lowest BCUT2D eigenvalue weighted by molar-refractivity contribution is 0.742. The van der Waals surface area contributed by atoms with Crippen LogP contribution in [0.3, 0.4) is 0 Å². The average molecular weight is 267 g/mol. The molecule has 0 unspecified atom stereocenters. The maximum atomic E-state index is 11.9. The number of pyridine rings is 1. The van der Waals surface area contributed by atoms with Crippen molar-refractivity contribution in [3.8, 4) is 5.69 Å². The normalized spacial score (nSPS) is 14.6. The molecule has 1 aliphatic heterocycles. The van der Waals surface area contributed by atoms with Gasteiger partial charge >= 0.3 is 0 Å². The minimum atomic E-state index is -0.0171. The zero-order valence-corrected chi connectivity index (χ0v) is 11.5. The molecule has 1 N–H and O–H groups in total. The molecular weight excluding hydrogens is 250 g/mol. The Hall–Kier alpha value is -2.36. The maximum absolute atomic E-state index is 11.9. The second-order valence-electron chi connectivity index (χ2n) is 4.97. The predicted octanol–water partition coefficient (Wildman–Crippen LogP) is 1.89. The van der Waals surface area contributed by atoms with Crippen LogP contribution in [-0.4, -0.2) is 23.5 Å². The molecule has 0 aliphatic carbocycles. The lowest BCUT2D eigenvalue weighted by atomic mass is 10.1. The van der Waals surface area contributed by atoms with E-state index in [-0.39, 0.29) is 5.56 Å². The molecule has 4 nitrogen and oxygen atoms in total. The van der Waals surface area contributed by atoms with Gasteiger partial charge in [0.2, 0.25) is 0 Å². The Labute approximate surface area is 117 Å². The van der Waals surface area contributed by atoms with E-state index >= 15 is 0 Å². The summed E-state index contributed by atoms with van der Waals surface area (Å²) in [7, 11) is 0. The van der Waals surface area contributed by atoms with Crippen molar-refractivity contribution < 1.29 is 0 Å². The highest BCUT2D eigenvalue weighted by molar-refractivity contribution is 5.99. The van der Waals surface area contributed by atoms with E-state index in [4.69, 9.17) is 0 Å². The first-order chi connectivity index (χ1) is 9.74. The van der Waals surface area contributed by atoms with Crippen molar-refractivity contribution in [3.05, 3.63) is 64.1 Å². The minimum absolute atomic E-state index is 0.0171. The molecule has 102 valence electrons. The third kappa shape index (κ3) is 2.50. The fourth-order valence-corrected chi connectivity index (χ4v) is 2.30. The number of rotatable bonds is 2. The predicted molar refractivity (Wildman–Crippen MR) is 80.8 cm³/mol. The molecule has 2 aromatic rings. The molecule has 0 fully saturated rings. The Balaban J connectivity index is 1.95. The zero-order chi connectivity index (χ0) is 13.9. The fourth-order valence-electron chi connectivity index (χ4n) is 2.30. The van der Waals surface area contributed by atoms with Crippen molar-refractivity contribution in [1.29, 1.82) is 0 Å². The highest BCUT2D eigenvalue weighted by Crippen LogP contribution is 2.10. The van der Waals surface area contributed by atoms with Gasteiger partial charge in [0.1, 0.15) is 5.84 Å². The number of benzene rings is 1.